The number of rotatable bonds is 7. The number of hydrogen-bond donors (Lipinski definition) is 3. The third-order valence-corrected chi connectivity index (χ3v) is 4.83. The summed E-state index contributed by atoms with van der Waals surface area (Å²) in [7, 11) is 7.89. The Hall–Kier alpha value is -1.63. The van der Waals surface area contributed by atoms with Crippen LogP contribution in [0.15, 0.2) is 24.3 Å². The highest BCUT2D eigenvalue weighted by Gasteiger charge is 2.29. The fourth-order valence-corrected chi connectivity index (χ4v) is 3.25. The number of nitrogens with zero attached hydrogens (tertiary/aromatic N) is 1. The van der Waals surface area contributed by atoms with Crippen LogP contribution in [0.25, 0.3) is 0 Å². The van der Waals surface area contributed by atoms with Crippen molar-refractivity contribution in [1.82, 2.24) is 5.32 Å². The van der Waals surface area contributed by atoms with Crippen LogP contribution in [0.4, 0.5) is 5.69 Å². The molecule has 134 valence electrons. The summed E-state index contributed by atoms with van der Waals surface area (Å²) in [6.45, 7) is 5.38. The van der Waals surface area contributed by atoms with Gasteiger partial charge in [-0.2, -0.15) is 0 Å². The highest BCUT2D eigenvalue weighted by molar-refractivity contribution is 5.77. The first-order valence-corrected chi connectivity index (χ1v) is 8.70. The number of likely N-dealkylation sites (N-methyl/N-ethyl adjacent to an activating group) is 1. The van der Waals surface area contributed by atoms with Crippen molar-refractivity contribution in [3.05, 3.63) is 29.8 Å². The molecule has 0 saturated carbocycles. The number of piperazine rings is 1. The number of carbonyl (C=O) groups excluding carboxylic acids is 1. The van der Waals surface area contributed by atoms with Gasteiger partial charge in [-0.1, -0.05) is 12.1 Å². The molecule has 1 amide bonds. The van der Waals surface area contributed by atoms with E-state index in [-0.39, 0.29) is 18.6 Å². The van der Waals surface area contributed by atoms with Crippen LogP contribution < -0.4 is 20.0 Å². The third kappa shape index (κ3) is 5.19. The van der Waals surface area contributed by atoms with Gasteiger partial charge in [0.15, 0.2) is 0 Å². The minimum Gasteiger partial charge on any atom is -0.378 e. The Morgan fingerprint density at radius 3 is 2.38 bits per heavy atom. The molecular weight excluding hydrogens is 304 g/mol. The molecule has 1 saturated heterocycles. The molecule has 1 atom stereocenters. The zero-order chi connectivity index (χ0) is 17.5. The van der Waals surface area contributed by atoms with E-state index >= 15 is 0 Å². The van der Waals surface area contributed by atoms with Gasteiger partial charge < -0.3 is 24.8 Å². The molecule has 1 aromatic rings. The first-order chi connectivity index (χ1) is 11.5. The first kappa shape index (κ1) is 18.7. The fourth-order valence-electron chi connectivity index (χ4n) is 3.25. The van der Waals surface area contributed by atoms with Gasteiger partial charge in [-0.25, -0.2) is 0 Å². The lowest BCUT2D eigenvalue weighted by Gasteiger charge is -2.33. The molecule has 0 spiro atoms. The molecule has 1 aliphatic rings. The Kier molecular flexibility index (Phi) is 7.02. The monoisotopic (exact) mass is 336 g/mol. The quantitative estimate of drug-likeness (QED) is 0.538. The minimum atomic E-state index is -0.0495. The summed E-state index contributed by atoms with van der Waals surface area (Å²) in [6, 6.07) is 8.98. The van der Waals surface area contributed by atoms with Crippen molar-refractivity contribution in [1.29, 1.82) is 0 Å². The third-order valence-electron chi connectivity index (χ3n) is 4.83. The molecule has 1 heterocycles. The average Bonchev–Trinajstić information content (AvgIpc) is 2.57. The van der Waals surface area contributed by atoms with E-state index in [1.165, 1.54) is 24.3 Å². The van der Waals surface area contributed by atoms with Crippen molar-refractivity contribution in [3.63, 3.8) is 0 Å². The maximum absolute atomic E-state index is 11.8. The number of quaternary nitrogens is 2. The summed E-state index contributed by atoms with van der Waals surface area (Å²) < 4.78 is 4.92. The second-order valence-corrected chi connectivity index (χ2v) is 6.89. The van der Waals surface area contributed by atoms with Crippen molar-refractivity contribution in [2.24, 2.45) is 0 Å². The van der Waals surface area contributed by atoms with Crippen molar-refractivity contribution in [2.75, 3.05) is 72.5 Å². The van der Waals surface area contributed by atoms with Gasteiger partial charge in [0.1, 0.15) is 38.8 Å². The molecule has 1 aromatic carbocycles. The Labute approximate surface area is 145 Å². The molecule has 24 heavy (non-hydrogen) atoms. The van der Waals surface area contributed by atoms with Crippen LogP contribution in [0.1, 0.15) is 11.6 Å². The number of nitrogens with one attached hydrogen (secondary N) is 3. The van der Waals surface area contributed by atoms with E-state index in [2.05, 4.69) is 41.5 Å². The second kappa shape index (κ2) is 9.01. The van der Waals surface area contributed by atoms with E-state index in [4.69, 9.17) is 4.74 Å². The van der Waals surface area contributed by atoms with E-state index < -0.39 is 0 Å². The van der Waals surface area contributed by atoms with Crippen LogP contribution in [0, 0.1) is 0 Å². The van der Waals surface area contributed by atoms with Gasteiger partial charge >= 0.3 is 0 Å². The van der Waals surface area contributed by atoms with Gasteiger partial charge in [0.25, 0.3) is 0 Å². The molecule has 1 aliphatic heterocycles. The lowest BCUT2D eigenvalue weighted by Crippen LogP contribution is -3.27. The number of hydrogen-bond acceptors (Lipinski definition) is 3. The summed E-state index contributed by atoms with van der Waals surface area (Å²) >= 11 is 0. The number of benzene rings is 1. The Morgan fingerprint density at radius 2 is 1.83 bits per heavy atom. The molecule has 0 aliphatic carbocycles. The molecule has 0 bridgehead atoms. The van der Waals surface area contributed by atoms with Gasteiger partial charge in [0, 0.05) is 32.5 Å². The highest BCUT2D eigenvalue weighted by Crippen LogP contribution is 2.16. The lowest BCUT2D eigenvalue weighted by molar-refractivity contribution is -1.02. The van der Waals surface area contributed by atoms with E-state index in [0.717, 1.165) is 13.1 Å². The first-order valence-electron chi connectivity index (χ1n) is 8.70. The molecule has 0 unspecified atom stereocenters. The van der Waals surface area contributed by atoms with Crippen LogP contribution in [-0.2, 0) is 9.53 Å². The normalized spacial score (nSPS) is 22.0. The lowest BCUT2D eigenvalue weighted by atomic mass is 10.0. The number of carbonyl (C=O) groups is 1. The van der Waals surface area contributed by atoms with Crippen LogP contribution in [-0.4, -0.2) is 73.5 Å². The zero-order valence-corrected chi connectivity index (χ0v) is 15.4. The second-order valence-electron chi connectivity index (χ2n) is 6.89. The molecule has 1 fully saturated rings. The van der Waals surface area contributed by atoms with Crippen LogP contribution >= 0.6 is 0 Å². The smallest absolute Gasteiger partial charge is 0.246 e. The summed E-state index contributed by atoms with van der Waals surface area (Å²) in [6.07, 6.45) is 0. The topological polar surface area (TPSA) is 50.4 Å². The molecular formula is C18H32N4O2+2. The van der Waals surface area contributed by atoms with Crippen molar-refractivity contribution < 1.29 is 19.3 Å². The molecule has 3 N–H and O–H groups in total. The molecule has 6 heteroatoms. The van der Waals surface area contributed by atoms with E-state index in [0.29, 0.717) is 6.54 Å². The van der Waals surface area contributed by atoms with Gasteiger partial charge in [-0.05, 0) is 12.1 Å². The number of methoxy groups -OCH3 is 1. The zero-order valence-electron chi connectivity index (χ0n) is 15.4. The summed E-state index contributed by atoms with van der Waals surface area (Å²) in [4.78, 5) is 17.0. The van der Waals surface area contributed by atoms with E-state index in [9.17, 15) is 4.79 Å². The Morgan fingerprint density at radius 1 is 1.21 bits per heavy atom. The van der Waals surface area contributed by atoms with E-state index in [1.807, 2.05) is 14.1 Å². The van der Waals surface area contributed by atoms with Crippen LogP contribution in [0.3, 0.4) is 0 Å². The van der Waals surface area contributed by atoms with Crippen molar-refractivity contribution in [3.8, 4) is 0 Å². The Bertz CT molecular complexity index is 510. The van der Waals surface area contributed by atoms with Crippen molar-refractivity contribution in [2.45, 2.75) is 6.04 Å². The largest absolute Gasteiger partial charge is 0.378 e. The molecule has 6 nitrogen and oxygen atoms in total. The number of amides is 1. The van der Waals surface area contributed by atoms with E-state index in [1.54, 1.807) is 16.9 Å². The van der Waals surface area contributed by atoms with Gasteiger partial charge in [-0.15, -0.1) is 0 Å². The molecule has 2 rings (SSSR count). The van der Waals surface area contributed by atoms with Gasteiger partial charge in [0.05, 0.1) is 13.6 Å². The predicted octanol–water partition coefficient (Wildman–Crippen LogP) is -2.03. The van der Waals surface area contributed by atoms with Gasteiger partial charge in [-0.3, -0.25) is 4.79 Å². The number of ether oxygens (including phenoxy) is 1. The fraction of sp³-hybridized carbons (Fsp3) is 0.611. The predicted molar refractivity (Wildman–Crippen MR) is 95.7 cm³/mol. The summed E-state index contributed by atoms with van der Waals surface area (Å²) in [5.74, 6) is -0.0495. The van der Waals surface area contributed by atoms with Crippen LogP contribution in [0.5, 0.6) is 0 Å². The minimum absolute atomic E-state index is 0.0495. The maximum atomic E-state index is 11.8. The highest BCUT2D eigenvalue weighted by atomic mass is 16.5. The summed E-state index contributed by atoms with van der Waals surface area (Å²) in [5, 5.41) is 3.03. The summed E-state index contributed by atoms with van der Waals surface area (Å²) in [5.41, 5.74) is 2.48. The van der Waals surface area contributed by atoms with Crippen LogP contribution in [0.2, 0.25) is 0 Å². The molecule has 0 aromatic heterocycles. The maximum Gasteiger partial charge on any atom is 0.246 e. The SMILES string of the molecule is COCC(=O)NC[C@@H](c1ccc(N(C)C)cc1)[NH+]1CC[NH+](C)CC1. The van der Waals surface area contributed by atoms with Crippen molar-refractivity contribution >= 4 is 11.6 Å². The van der Waals surface area contributed by atoms with Gasteiger partial charge in [0.2, 0.25) is 5.91 Å². The average molecular weight is 336 g/mol. The standard InChI is InChI=1S/C18H30N4O2/c1-20(2)16-7-5-15(6-8-16)17(13-19-18(23)14-24-4)22-11-9-21(3)10-12-22/h5-8,17H,9-14H2,1-4H3,(H,19,23)/p+2/t17-/m0/s1. The molecule has 0 radical (unpaired) electrons. The Balaban J connectivity index is 2.10. The number of anilines is 1.